The fourth-order valence-corrected chi connectivity index (χ4v) is 1.64. The second-order valence-corrected chi connectivity index (χ2v) is 3.98. The molecule has 0 spiro atoms. The van der Waals surface area contributed by atoms with Gasteiger partial charge in [0, 0.05) is 30.1 Å². The van der Waals surface area contributed by atoms with E-state index in [1.54, 1.807) is 12.3 Å². The van der Waals surface area contributed by atoms with Crippen molar-refractivity contribution >= 4 is 6.08 Å². The van der Waals surface area contributed by atoms with Crippen LogP contribution in [-0.4, -0.2) is 9.97 Å². The van der Waals surface area contributed by atoms with E-state index in [0.29, 0.717) is 5.56 Å². The molecule has 2 rings (SSSR count). The van der Waals surface area contributed by atoms with E-state index in [9.17, 15) is 4.79 Å². The molecule has 0 atom stereocenters. The molecule has 0 saturated heterocycles. The number of pyridine rings is 2. The summed E-state index contributed by atoms with van der Waals surface area (Å²) < 4.78 is 0. The Kier molecular flexibility index (Phi) is 3.19. The Labute approximate surface area is 99.9 Å². The zero-order valence-electron chi connectivity index (χ0n) is 9.73. The van der Waals surface area contributed by atoms with E-state index in [0.717, 1.165) is 23.2 Å². The highest BCUT2D eigenvalue weighted by Crippen LogP contribution is 2.08. The van der Waals surface area contributed by atoms with E-state index in [4.69, 9.17) is 0 Å². The number of nitrogens with one attached hydrogen (secondary N) is 1. The molecule has 0 amide bonds. The average Bonchev–Trinajstić information content (AvgIpc) is 2.34. The van der Waals surface area contributed by atoms with E-state index in [-0.39, 0.29) is 5.56 Å². The van der Waals surface area contributed by atoms with Crippen LogP contribution in [0.4, 0.5) is 0 Å². The Morgan fingerprint density at radius 3 is 2.88 bits per heavy atom. The van der Waals surface area contributed by atoms with Crippen molar-refractivity contribution in [2.45, 2.75) is 13.3 Å². The highest BCUT2D eigenvalue weighted by molar-refractivity contribution is 5.46. The van der Waals surface area contributed by atoms with Crippen LogP contribution < -0.4 is 5.56 Å². The lowest BCUT2D eigenvalue weighted by Crippen LogP contribution is -2.09. The predicted molar refractivity (Wildman–Crippen MR) is 68.9 cm³/mol. The molecule has 2 heterocycles. The molecule has 0 bridgehead atoms. The first-order chi connectivity index (χ1) is 8.19. The highest BCUT2D eigenvalue weighted by atomic mass is 16.1. The van der Waals surface area contributed by atoms with E-state index in [2.05, 4.69) is 16.5 Å². The molecule has 3 heteroatoms. The van der Waals surface area contributed by atoms with Crippen molar-refractivity contribution in [1.29, 1.82) is 0 Å². The molecular formula is C14H14N2O. The fraction of sp³-hybridized carbons (Fsp3) is 0.143. The molecule has 1 N–H and O–H groups in total. The van der Waals surface area contributed by atoms with Crippen LogP contribution in [0.5, 0.6) is 0 Å². The summed E-state index contributed by atoms with van der Waals surface area (Å²) in [5.41, 5.74) is 3.66. The zero-order chi connectivity index (χ0) is 12.3. The second-order valence-electron chi connectivity index (χ2n) is 3.98. The van der Waals surface area contributed by atoms with E-state index in [1.807, 2.05) is 31.3 Å². The van der Waals surface area contributed by atoms with Crippen molar-refractivity contribution in [3.05, 3.63) is 69.9 Å². The molecule has 0 unspecified atom stereocenters. The summed E-state index contributed by atoms with van der Waals surface area (Å²) in [7, 11) is 0. The SMILES string of the molecule is C=Cc1cc(Cc2ccc(C)nc2)c[nH]c1=O. The van der Waals surface area contributed by atoms with Gasteiger partial charge in [0.1, 0.15) is 0 Å². The van der Waals surface area contributed by atoms with Crippen molar-refractivity contribution in [1.82, 2.24) is 9.97 Å². The molecule has 0 fully saturated rings. The first-order valence-corrected chi connectivity index (χ1v) is 5.44. The van der Waals surface area contributed by atoms with Crippen LogP contribution in [0.2, 0.25) is 0 Å². The van der Waals surface area contributed by atoms with Gasteiger partial charge >= 0.3 is 0 Å². The van der Waals surface area contributed by atoms with Gasteiger partial charge in [0.05, 0.1) is 0 Å². The van der Waals surface area contributed by atoms with Crippen molar-refractivity contribution in [2.24, 2.45) is 0 Å². The standard InChI is InChI=1S/C14H14N2O/c1-3-13-7-12(9-16-14(13)17)6-11-5-4-10(2)15-8-11/h3-5,7-9H,1,6H2,2H3,(H,16,17). The number of aromatic amines is 1. The summed E-state index contributed by atoms with van der Waals surface area (Å²) in [6.45, 7) is 5.58. The predicted octanol–water partition coefficient (Wildman–Crippen LogP) is 2.31. The third-order valence-electron chi connectivity index (χ3n) is 2.59. The third-order valence-corrected chi connectivity index (χ3v) is 2.59. The van der Waals surface area contributed by atoms with Crippen molar-refractivity contribution < 1.29 is 0 Å². The fourth-order valence-electron chi connectivity index (χ4n) is 1.64. The van der Waals surface area contributed by atoms with Gasteiger partial charge in [-0.2, -0.15) is 0 Å². The first-order valence-electron chi connectivity index (χ1n) is 5.44. The molecule has 2 aromatic heterocycles. The minimum Gasteiger partial charge on any atom is -0.328 e. The lowest BCUT2D eigenvalue weighted by molar-refractivity contribution is 1.08. The van der Waals surface area contributed by atoms with Gasteiger partial charge < -0.3 is 4.98 Å². The minimum atomic E-state index is -0.106. The summed E-state index contributed by atoms with van der Waals surface area (Å²) >= 11 is 0. The summed E-state index contributed by atoms with van der Waals surface area (Å²) in [6.07, 6.45) is 5.91. The van der Waals surface area contributed by atoms with Gasteiger partial charge in [0.15, 0.2) is 0 Å². The van der Waals surface area contributed by atoms with E-state index >= 15 is 0 Å². The topological polar surface area (TPSA) is 45.8 Å². The van der Waals surface area contributed by atoms with Crippen molar-refractivity contribution in [2.75, 3.05) is 0 Å². The number of hydrogen-bond donors (Lipinski definition) is 1. The number of aromatic nitrogens is 2. The van der Waals surface area contributed by atoms with Gasteiger partial charge in [-0.05, 0) is 30.2 Å². The van der Waals surface area contributed by atoms with Crippen LogP contribution in [0.3, 0.4) is 0 Å². The first kappa shape index (κ1) is 11.3. The quantitative estimate of drug-likeness (QED) is 0.873. The van der Waals surface area contributed by atoms with Gasteiger partial charge in [-0.15, -0.1) is 0 Å². The number of nitrogens with zero attached hydrogens (tertiary/aromatic N) is 1. The van der Waals surface area contributed by atoms with Crippen molar-refractivity contribution in [3.8, 4) is 0 Å². The lowest BCUT2D eigenvalue weighted by atomic mass is 10.1. The molecule has 0 aliphatic rings. The molecule has 0 aromatic carbocycles. The molecule has 0 saturated carbocycles. The Morgan fingerprint density at radius 2 is 2.24 bits per heavy atom. The maximum Gasteiger partial charge on any atom is 0.255 e. The van der Waals surface area contributed by atoms with Crippen LogP contribution in [0.15, 0.2) is 42.0 Å². The van der Waals surface area contributed by atoms with Gasteiger partial charge in [-0.1, -0.05) is 18.7 Å². The monoisotopic (exact) mass is 226 g/mol. The lowest BCUT2D eigenvalue weighted by Gasteiger charge is -2.03. The maximum atomic E-state index is 11.4. The smallest absolute Gasteiger partial charge is 0.255 e. The average molecular weight is 226 g/mol. The van der Waals surface area contributed by atoms with Gasteiger partial charge in [-0.3, -0.25) is 9.78 Å². The molecule has 0 aliphatic heterocycles. The maximum absolute atomic E-state index is 11.4. The number of hydrogen-bond acceptors (Lipinski definition) is 2. The van der Waals surface area contributed by atoms with E-state index < -0.39 is 0 Å². The largest absolute Gasteiger partial charge is 0.328 e. The molecular weight excluding hydrogens is 212 g/mol. The highest BCUT2D eigenvalue weighted by Gasteiger charge is 2.00. The minimum absolute atomic E-state index is 0.106. The zero-order valence-corrected chi connectivity index (χ0v) is 9.73. The normalized spacial score (nSPS) is 10.2. The van der Waals surface area contributed by atoms with Crippen LogP contribution >= 0.6 is 0 Å². The Balaban J connectivity index is 2.27. The summed E-state index contributed by atoms with van der Waals surface area (Å²) in [5.74, 6) is 0. The molecule has 17 heavy (non-hydrogen) atoms. The molecule has 0 aliphatic carbocycles. The second kappa shape index (κ2) is 4.78. The van der Waals surface area contributed by atoms with Crippen LogP contribution in [0.25, 0.3) is 6.08 Å². The number of H-pyrrole nitrogens is 1. The van der Waals surface area contributed by atoms with Crippen molar-refractivity contribution in [3.63, 3.8) is 0 Å². The van der Waals surface area contributed by atoms with Crippen LogP contribution in [0.1, 0.15) is 22.4 Å². The van der Waals surface area contributed by atoms with Crippen LogP contribution in [0, 0.1) is 6.92 Å². The molecule has 2 aromatic rings. The van der Waals surface area contributed by atoms with E-state index in [1.165, 1.54) is 0 Å². The summed E-state index contributed by atoms with van der Waals surface area (Å²) in [6, 6.07) is 5.88. The number of rotatable bonds is 3. The molecule has 0 radical (unpaired) electrons. The molecule has 3 nitrogen and oxygen atoms in total. The van der Waals surface area contributed by atoms with Gasteiger partial charge in [0.2, 0.25) is 0 Å². The van der Waals surface area contributed by atoms with Gasteiger partial charge in [0.25, 0.3) is 5.56 Å². The Bertz CT molecular complexity index is 582. The number of aryl methyl sites for hydroxylation is 1. The Morgan fingerprint density at radius 1 is 1.41 bits per heavy atom. The summed E-state index contributed by atoms with van der Waals surface area (Å²) in [4.78, 5) is 18.3. The molecule has 86 valence electrons. The van der Waals surface area contributed by atoms with Crippen LogP contribution in [-0.2, 0) is 6.42 Å². The van der Waals surface area contributed by atoms with Gasteiger partial charge in [-0.25, -0.2) is 0 Å². The third kappa shape index (κ3) is 2.69. The summed E-state index contributed by atoms with van der Waals surface area (Å²) in [5, 5.41) is 0. The Hall–Kier alpha value is -2.16.